The largest absolute Gasteiger partial charge is 0.455 e. The Balaban J connectivity index is 0.000000130. The molecule has 21 aromatic rings. The van der Waals surface area contributed by atoms with Crippen LogP contribution in [0.15, 0.2) is 390 Å². The molecule has 3 radical (unpaired) electrons. The van der Waals surface area contributed by atoms with E-state index < -0.39 is 6.85 Å². The van der Waals surface area contributed by atoms with Gasteiger partial charge in [-0.2, -0.15) is 0 Å². The van der Waals surface area contributed by atoms with Crippen molar-refractivity contribution < 1.29 is 77.7 Å². The molecule has 0 saturated heterocycles. The van der Waals surface area contributed by atoms with Gasteiger partial charge in [0.25, 0.3) is 0 Å². The summed E-state index contributed by atoms with van der Waals surface area (Å²) in [6.07, 6.45) is 11.9. The molecule has 0 aliphatic carbocycles. The number of rotatable bonds is 10. The fourth-order valence-corrected chi connectivity index (χ4v) is 13.9. The molecule has 21 rings (SSSR count). The second kappa shape index (κ2) is 40.6. The first-order valence-electron chi connectivity index (χ1n) is 39.7. The molecule has 0 unspecified atom stereocenters. The number of furan rings is 3. The summed E-state index contributed by atoms with van der Waals surface area (Å²) in [6, 6.07) is 130. The van der Waals surface area contributed by atoms with Crippen molar-refractivity contribution in [2.45, 2.75) is 34.0 Å². The molecule has 0 aliphatic rings. The van der Waals surface area contributed by atoms with Gasteiger partial charge in [-0.25, -0.2) is 0 Å². The van der Waals surface area contributed by atoms with Crippen LogP contribution in [0, 0.1) is 57.1 Å². The Bertz CT molecular complexity index is 6820. The van der Waals surface area contributed by atoms with Crippen molar-refractivity contribution in [3.05, 3.63) is 436 Å². The van der Waals surface area contributed by atoms with E-state index >= 15 is 0 Å². The van der Waals surface area contributed by atoms with Crippen LogP contribution in [0.3, 0.4) is 0 Å². The van der Waals surface area contributed by atoms with E-state index in [1.165, 1.54) is 16.7 Å². The molecule has 585 valence electrons. The van der Waals surface area contributed by atoms with Gasteiger partial charge in [-0.1, -0.05) is 170 Å². The van der Waals surface area contributed by atoms with Crippen LogP contribution < -0.4 is 0 Å². The van der Waals surface area contributed by atoms with Crippen LogP contribution in [0.2, 0.25) is 0 Å². The minimum atomic E-state index is -2.30. The van der Waals surface area contributed by atoms with E-state index in [1.54, 1.807) is 30.7 Å². The molecule has 0 N–H and O–H groups in total. The van der Waals surface area contributed by atoms with E-state index in [0.29, 0.717) is 16.8 Å². The Labute approximate surface area is 738 Å². The Morgan fingerprint density at radius 2 is 0.580 bits per heavy atom. The molecular formula is C107H76Ir3N6O3-6. The first-order chi connectivity index (χ1) is 58.5. The number of nitrogens with zero attached hydrogens (tertiary/aromatic N) is 6. The first kappa shape index (κ1) is 79.7. The molecule has 12 heteroatoms. The van der Waals surface area contributed by atoms with E-state index in [0.717, 1.165) is 156 Å². The van der Waals surface area contributed by atoms with Crippen molar-refractivity contribution >= 4 is 65.8 Å². The van der Waals surface area contributed by atoms with Crippen molar-refractivity contribution in [3.8, 4) is 101 Å². The molecule has 0 amide bonds. The topological polar surface area (TPSA) is 117 Å². The summed E-state index contributed by atoms with van der Waals surface area (Å²) in [6.45, 7) is 4.06. The van der Waals surface area contributed by atoms with Gasteiger partial charge in [0.1, 0.15) is 33.5 Å². The summed E-state index contributed by atoms with van der Waals surface area (Å²) in [5.41, 5.74) is 26.0. The second-order valence-electron chi connectivity index (χ2n) is 27.2. The second-order valence-corrected chi connectivity index (χ2v) is 27.2. The molecule has 9 heterocycles. The van der Waals surface area contributed by atoms with Crippen molar-refractivity contribution in [3.63, 3.8) is 0 Å². The first-order valence-corrected chi connectivity index (χ1v) is 38.2. The number of benzene rings is 12. The number of aromatic nitrogens is 6. The Hall–Kier alpha value is -13.1. The summed E-state index contributed by atoms with van der Waals surface area (Å²) in [7, 11) is 0. The fraction of sp³-hybridized carbons (Fsp3) is 0.0467. The molecule has 9 nitrogen and oxygen atoms in total. The third-order valence-corrected chi connectivity index (χ3v) is 19.6. The maximum atomic E-state index is 8.10. The summed E-state index contributed by atoms with van der Waals surface area (Å²) < 4.78 is 42.8. The summed E-state index contributed by atoms with van der Waals surface area (Å²) >= 11 is 0. The zero-order chi connectivity index (χ0) is 81.3. The van der Waals surface area contributed by atoms with Crippen LogP contribution in [0.4, 0.5) is 0 Å². The molecule has 0 bridgehead atoms. The summed E-state index contributed by atoms with van der Waals surface area (Å²) in [4.78, 5) is 26.6. The summed E-state index contributed by atoms with van der Waals surface area (Å²) in [5.74, 6) is 0. The van der Waals surface area contributed by atoms with Crippen LogP contribution in [-0.2, 0) is 66.7 Å². The number of para-hydroxylation sites is 6. The average Bonchev–Trinajstić information content (AvgIpc) is 1.69. The smallest absolute Gasteiger partial charge is 0.143 e. The molecule has 0 aliphatic heterocycles. The van der Waals surface area contributed by atoms with Crippen LogP contribution in [-0.4, -0.2) is 29.9 Å². The SMILES string of the molecule is CCc1cc(-c2[c-]cccc2)ncc1-c1cccc2c1oc1ccccc12.Cc1cc(-c2[c-]cccc2)ncc1-c1cccc2c1oc1ccccc12.Cc1ccnc(-c2[c-]cccc2)c1.[2H]C([2H])([2H])c1cc(-c2[c-]cccc2)ncc1-c1cccc2c1oc1ccccc12.[Ir].[Ir].[Ir].[c-]1ccccc1-c1ccccn1.[c-]1ccccc1-c1ccccn1. The molecule has 12 aromatic carbocycles. The van der Waals surface area contributed by atoms with Crippen molar-refractivity contribution in [2.24, 2.45) is 0 Å². The van der Waals surface area contributed by atoms with Gasteiger partial charge in [0, 0.05) is 167 Å². The van der Waals surface area contributed by atoms with Crippen molar-refractivity contribution in [1.29, 1.82) is 0 Å². The zero-order valence-corrected chi connectivity index (χ0v) is 72.1. The van der Waals surface area contributed by atoms with Crippen LogP contribution in [0.5, 0.6) is 0 Å². The van der Waals surface area contributed by atoms with Gasteiger partial charge in [-0.15, -0.1) is 215 Å². The van der Waals surface area contributed by atoms with E-state index in [2.05, 4.69) is 149 Å². The average molecular weight is 2070 g/mol. The number of hydrogen-bond donors (Lipinski definition) is 0. The molecule has 0 spiro atoms. The van der Waals surface area contributed by atoms with Gasteiger partial charge in [0.2, 0.25) is 0 Å². The fourth-order valence-electron chi connectivity index (χ4n) is 13.9. The van der Waals surface area contributed by atoms with Gasteiger partial charge in [0.05, 0.1) is 0 Å². The predicted molar refractivity (Wildman–Crippen MR) is 473 cm³/mol. The number of aryl methyl sites for hydroxylation is 4. The van der Waals surface area contributed by atoms with Crippen molar-refractivity contribution in [1.82, 2.24) is 29.9 Å². The predicted octanol–water partition coefficient (Wildman–Crippen LogP) is 27.5. The zero-order valence-electron chi connectivity index (χ0n) is 67.9. The van der Waals surface area contributed by atoms with E-state index in [-0.39, 0.29) is 65.9 Å². The third kappa shape index (κ3) is 19.8. The normalized spacial score (nSPS) is 11.0. The van der Waals surface area contributed by atoms with Gasteiger partial charge in [-0.3, -0.25) is 0 Å². The van der Waals surface area contributed by atoms with Gasteiger partial charge >= 0.3 is 0 Å². The minimum absolute atomic E-state index is 0. The van der Waals surface area contributed by atoms with Crippen LogP contribution in [0.25, 0.3) is 167 Å². The number of pyridine rings is 6. The minimum Gasteiger partial charge on any atom is -0.455 e. The van der Waals surface area contributed by atoms with E-state index in [9.17, 15) is 0 Å². The van der Waals surface area contributed by atoms with Gasteiger partial charge < -0.3 is 43.2 Å². The van der Waals surface area contributed by atoms with E-state index in [1.807, 2.05) is 279 Å². The van der Waals surface area contributed by atoms with Crippen LogP contribution >= 0.6 is 0 Å². The molecule has 0 fully saturated rings. The van der Waals surface area contributed by atoms with Crippen LogP contribution in [0.1, 0.15) is 33.3 Å². The number of hydrogen-bond acceptors (Lipinski definition) is 9. The van der Waals surface area contributed by atoms with Gasteiger partial charge in [0.15, 0.2) is 0 Å². The summed E-state index contributed by atoms with van der Waals surface area (Å²) in [5, 5.41) is 6.53. The monoisotopic (exact) mass is 2070 g/mol. The maximum Gasteiger partial charge on any atom is 0.143 e. The molecule has 0 saturated carbocycles. The molecular weight excluding hydrogens is 1990 g/mol. The van der Waals surface area contributed by atoms with E-state index in [4.69, 9.17) is 22.3 Å². The van der Waals surface area contributed by atoms with Gasteiger partial charge in [-0.05, 0) is 114 Å². The third-order valence-electron chi connectivity index (χ3n) is 19.6. The Morgan fingerprint density at radius 1 is 0.269 bits per heavy atom. The molecule has 119 heavy (non-hydrogen) atoms. The molecule has 0 atom stereocenters. The Kier molecular flexibility index (Phi) is 27.2. The quantitative estimate of drug-likeness (QED) is 0.123. The standard InChI is InChI=1S/C25H18NO.2C24H16NO.C12H10N.2C11H8N.3Ir/c1-2-17-15-23(18-9-4-3-5-10-18)26-16-22(17)21-13-8-12-20-19-11-6-7-14-24(19)27-25(20)21;2*1-16-14-22(17-8-3-2-4-9-17)25-15-21(16)20-12-7-11-19-18-10-5-6-13-23(18)26-24(19)20;1-10-7-8-13-12(9-10)11-5-3-2-4-6-11;2*1-2-6-10(7-3-1)11-8-4-5-9-12-11;;;/h3-9,11-16H,2H2,1H3;2*2-8,10-15H,1H3;2-5,7-9H,1H3;2*1-6,8-9H;;;/q6*-1;;;/i;1D3;;;;;;;. The maximum absolute atomic E-state index is 8.10. The molecule has 9 aromatic heterocycles. The van der Waals surface area contributed by atoms with Crippen molar-refractivity contribution in [2.75, 3.05) is 0 Å². The Morgan fingerprint density at radius 3 is 0.933 bits per heavy atom. The number of fused-ring (bicyclic) bond motifs is 9.